The van der Waals surface area contributed by atoms with Gasteiger partial charge in [0.15, 0.2) is 0 Å². The maximum absolute atomic E-state index is 4.55. The van der Waals surface area contributed by atoms with Crippen molar-refractivity contribution in [3.8, 4) is 33.6 Å². The van der Waals surface area contributed by atoms with Crippen LogP contribution in [0.3, 0.4) is 0 Å². The first-order chi connectivity index (χ1) is 17.8. The van der Waals surface area contributed by atoms with Crippen molar-refractivity contribution >= 4 is 0 Å². The molecule has 0 atom stereocenters. The number of unbranched alkanes of at least 4 members (excludes halogenated alkanes) is 3. The Hall–Kier alpha value is -2.74. The van der Waals surface area contributed by atoms with E-state index in [-0.39, 0.29) is 40.2 Å². The molecule has 0 saturated carbocycles. The van der Waals surface area contributed by atoms with Gasteiger partial charge in [-0.3, -0.25) is 0 Å². The van der Waals surface area contributed by atoms with Crippen molar-refractivity contribution in [3.05, 3.63) is 133 Å². The number of pyridine rings is 2. The summed E-state index contributed by atoms with van der Waals surface area (Å²) in [4.78, 5) is 8.77. The molecule has 0 unspecified atom stereocenters. The van der Waals surface area contributed by atoms with E-state index in [1.54, 1.807) is 6.20 Å². The van der Waals surface area contributed by atoms with Crippen LogP contribution in [-0.4, -0.2) is 9.97 Å². The molecule has 2 aromatic heterocycles. The summed E-state index contributed by atoms with van der Waals surface area (Å²) in [5, 5.41) is 0. The molecule has 2 heterocycles. The van der Waals surface area contributed by atoms with Crippen molar-refractivity contribution in [2.45, 2.75) is 39.0 Å². The Morgan fingerprint density at radius 2 is 1.34 bits per heavy atom. The van der Waals surface area contributed by atoms with Crippen LogP contribution in [0.15, 0.2) is 116 Å². The van der Waals surface area contributed by atoms with Crippen molar-refractivity contribution in [2.24, 2.45) is 0 Å². The number of aryl methyl sites for hydroxylation is 1. The van der Waals surface area contributed by atoms with Crippen LogP contribution in [-0.2, 0) is 46.6 Å². The molecule has 4 heteroatoms. The summed E-state index contributed by atoms with van der Waals surface area (Å²) in [6.45, 7) is 2.25. The van der Waals surface area contributed by atoms with E-state index >= 15 is 0 Å². The van der Waals surface area contributed by atoms with Gasteiger partial charge in [0.2, 0.25) is 0 Å². The van der Waals surface area contributed by atoms with E-state index in [1.807, 2.05) is 60.8 Å². The molecule has 0 spiro atoms. The molecular weight excluding hydrogens is 821 g/mol. The van der Waals surface area contributed by atoms with Crippen LogP contribution < -0.4 is 0 Å². The number of rotatable bonds is 8. The van der Waals surface area contributed by atoms with Crippen LogP contribution in [0, 0.1) is 12.1 Å². The van der Waals surface area contributed by atoms with Crippen LogP contribution in [0.5, 0.6) is 0 Å². The first-order valence-corrected chi connectivity index (χ1v) is 12.7. The normalized spacial score (nSPS) is 9.82. The van der Waals surface area contributed by atoms with Gasteiger partial charge in [0.25, 0.3) is 0 Å². The van der Waals surface area contributed by atoms with Crippen molar-refractivity contribution in [3.63, 3.8) is 0 Å². The van der Waals surface area contributed by atoms with Gasteiger partial charge in [0, 0.05) is 52.6 Å². The zero-order chi connectivity index (χ0) is 24.8. The smallest absolute Gasteiger partial charge is 0.0166 e. The van der Waals surface area contributed by atoms with Crippen LogP contribution in [0.25, 0.3) is 33.6 Å². The Kier molecular flexibility index (Phi) is 14.7. The van der Waals surface area contributed by atoms with E-state index in [9.17, 15) is 0 Å². The molecule has 38 heavy (non-hydrogen) atoms. The average Bonchev–Trinajstić information content (AvgIpc) is 2.97. The molecule has 5 rings (SSSR count). The van der Waals surface area contributed by atoms with E-state index in [1.165, 1.54) is 42.4 Å². The molecule has 0 bridgehead atoms. The summed E-state index contributed by atoms with van der Waals surface area (Å²) in [5.41, 5.74) is 7.88. The van der Waals surface area contributed by atoms with E-state index < -0.39 is 0 Å². The Morgan fingerprint density at radius 1 is 0.579 bits per heavy atom. The molecule has 0 saturated heterocycles. The first kappa shape index (κ1) is 31.5. The fraction of sp³-hybridized carbons (Fsp3) is 0.176. The molecule has 0 amide bonds. The summed E-state index contributed by atoms with van der Waals surface area (Å²) in [6.07, 6.45) is 9.99. The molecule has 5 aromatic rings. The van der Waals surface area contributed by atoms with Crippen molar-refractivity contribution in [1.29, 1.82) is 0 Å². The van der Waals surface area contributed by atoms with Crippen LogP contribution in [0.4, 0.5) is 0 Å². The third kappa shape index (κ3) is 9.86. The molecule has 2 radical (unpaired) electrons. The molecular formula is C34H32Ir2N2-2. The number of hydrogen-bond acceptors (Lipinski definition) is 2. The minimum absolute atomic E-state index is 0. The minimum atomic E-state index is 0. The quantitative estimate of drug-likeness (QED) is 0.115. The van der Waals surface area contributed by atoms with Crippen molar-refractivity contribution in [1.82, 2.24) is 9.97 Å². The monoisotopic (exact) mass is 854 g/mol. The van der Waals surface area contributed by atoms with Gasteiger partial charge in [-0.05, 0) is 41.1 Å². The Labute approximate surface area is 254 Å². The zero-order valence-electron chi connectivity index (χ0n) is 21.6. The second-order valence-corrected chi connectivity index (χ2v) is 8.71. The SMILES string of the molecule is CCCCCCc1cc[c-]c(-c2cc(-c3ccccc3)ccn2)c1.[Ir].[Ir].[c-]1ccccc1-c1ccccn1. The fourth-order valence-corrected chi connectivity index (χ4v) is 4.04. The molecule has 198 valence electrons. The summed E-state index contributed by atoms with van der Waals surface area (Å²) < 4.78 is 0. The van der Waals surface area contributed by atoms with Gasteiger partial charge in [-0.15, -0.1) is 71.3 Å². The van der Waals surface area contributed by atoms with Crippen LogP contribution in [0.2, 0.25) is 0 Å². The van der Waals surface area contributed by atoms with Crippen molar-refractivity contribution in [2.75, 3.05) is 0 Å². The van der Waals surface area contributed by atoms with E-state index in [2.05, 4.69) is 77.6 Å². The molecule has 2 nitrogen and oxygen atoms in total. The molecule has 0 N–H and O–H groups in total. The number of hydrogen-bond donors (Lipinski definition) is 0. The third-order valence-electron chi connectivity index (χ3n) is 5.98. The minimum Gasteiger partial charge on any atom is -0.305 e. The zero-order valence-corrected chi connectivity index (χ0v) is 26.4. The second-order valence-electron chi connectivity index (χ2n) is 8.71. The molecule has 0 aliphatic heterocycles. The van der Waals surface area contributed by atoms with Gasteiger partial charge in [0.05, 0.1) is 0 Å². The van der Waals surface area contributed by atoms with Gasteiger partial charge in [-0.25, -0.2) is 0 Å². The number of benzene rings is 3. The standard InChI is InChI=1S/C23H24N.C11H8N.2Ir/c1-2-3-4-6-10-19-11-9-14-22(17-19)23-18-21(15-16-24-23)20-12-7-5-8-13-20;1-2-6-10(7-3-1)11-8-4-5-9-12-11;;/h5,7-9,11-13,15-18H,2-4,6,10H2,1H3;1-6,8-9H;;/q2*-1;;. The summed E-state index contributed by atoms with van der Waals surface area (Å²) in [6, 6.07) is 41.3. The van der Waals surface area contributed by atoms with Gasteiger partial charge in [-0.1, -0.05) is 81.1 Å². The second kappa shape index (κ2) is 17.7. The van der Waals surface area contributed by atoms with E-state index in [0.717, 1.165) is 28.9 Å². The largest absolute Gasteiger partial charge is 0.305 e. The summed E-state index contributed by atoms with van der Waals surface area (Å²) >= 11 is 0. The molecule has 0 aliphatic carbocycles. The Balaban J connectivity index is 0.000000306. The average molecular weight is 853 g/mol. The predicted octanol–water partition coefficient (Wildman–Crippen LogP) is 8.88. The first-order valence-electron chi connectivity index (χ1n) is 12.7. The maximum atomic E-state index is 4.55. The predicted molar refractivity (Wildman–Crippen MR) is 150 cm³/mol. The Morgan fingerprint density at radius 3 is 2.08 bits per heavy atom. The fourth-order valence-electron chi connectivity index (χ4n) is 4.04. The number of aromatic nitrogens is 2. The number of nitrogens with zero attached hydrogens (tertiary/aromatic N) is 2. The van der Waals surface area contributed by atoms with E-state index in [0.29, 0.717) is 0 Å². The maximum Gasteiger partial charge on any atom is 0.0166 e. The van der Waals surface area contributed by atoms with Gasteiger partial charge in [0.1, 0.15) is 0 Å². The molecule has 0 aliphatic rings. The van der Waals surface area contributed by atoms with E-state index in [4.69, 9.17) is 0 Å². The molecule has 0 fully saturated rings. The van der Waals surface area contributed by atoms with Crippen LogP contribution >= 0.6 is 0 Å². The molecule has 3 aromatic carbocycles. The third-order valence-corrected chi connectivity index (χ3v) is 5.98. The summed E-state index contributed by atoms with van der Waals surface area (Å²) in [5.74, 6) is 0. The van der Waals surface area contributed by atoms with Crippen LogP contribution in [0.1, 0.15) is 38.2 Å². The Bertz CT molecular complexity index is 1270. The topological polar surface area (TPSA) is 25.8 Å². The van der Waals surface area contributed by atoms with Gasteiger partial charge in [-0.2, -0.15) is 0 Å². The van der Waals surface area contributed by atoms with Crippen molar-refractivity contribution < 1.29 is 40.2 Å². The van der Waals surface area contributed by atoms with Gasteiger partial charge >= 0.3 is 0 Å². The van der Waals surface area contributed by atoms with Gasteiger partial charge < -0.3 is 9.97 Å². The summed E-state index contributed by atoms with van der Waals surface area (Å²) in [7, 11) is 0.